The fourth-order valence-corrected chi connectivity index (χ4v) is 4.58. The van der Waals surface area contributed by atoms with Crippen molar-refractivity contribution >= 4 is 39.7 Å². The molecule has 210 valence electrons. The number of nitrogens with zero attached hydrogens (tertiary/aromatic N) is 3. The van der Waals surface area contributed by atoms with E-state index in [0.29, 0.717) is 46.7 Å². The van der Waals surface area contributed by atoms with Crippen LogP contribution in [0.2, 0.25) is 5.02 Å². The van der Waals surface area contributed by atoms with Gasteiger partial charge in [-0.3, -0.25) is 0 Å². The van der Waals surface area contributed by atoms with E-state index in [-0.39, 0.29) is 24.6 Å². The molecule has 1 aromatic heterocycles. The molecule has 2 heterocycles. The molecule has 5 rings (SSSR count). The molecule has 0 saturated carbocycles. The van der Waals surface area contributed by atoms with Gasteiger partial charge in [-0.1, -0.05) is 34.8 Å². The third-order valence-electron chi connectivity index (χ3n) is 6.27. The highest BCUT2D eigenvalue weighted by Gasteiger charge is 2.19. The van der Waals surface area contributed by atoms with Crippen molar-refractivity contribution in [3.05, 3.63) is 89.0 Å². The first-order chi connectivity index (χ1) is 20.0. The normalized spacial score (nSPS) is 17.0. The number of halogens is 2. The zero-order chi connectivity index (χ0) is 28.6. The van der Waals surface area contributed by atoms with Crippen LogP contribution in [0.1, 0.15) is 25.0 Å². The van der Waals surface area contributed by atoms with Gasteiger partial charge in [0.25, 0.3) is 0 Å². The Hall–Kier alpha value is -4.23. The standard InChI is InChI=1S/C31H29ClFN5O3/c1-3-5-28(38-40-18-25-16-34-15-20(2)41-25)22-8-10-29-26(13-22)31(36-19-35-29)37-24-9-11-30(27(32)14-24)39-17-21-6-4-7-23(33)12-21/h4,6-14,19-20,25,34H,15-18H2,1-2H3,(H,35,36,37)/b38-28+/t20-,25?/m0/s1. The third kappa shape index (κ3) is 7.50. The van der Waals surface area contributed by atoms with Gasteiger partial charge in [0.15, 0.2) is 5.71 Å². The monoisotopic (exact) mass is 573 g/mol. The van der Waals surface area contributed by atoms with Gasteiger partial charge in [0, 0.05) is 29.7 Å². The van der Waals surface area contributed by atoms with Crippen LogP contribution in [-0.2, 0) is 16.2 Å². The molecule has 0 aliphatic carbocycles. The number of fused-ring (bicyclic) bond motifs is 1. The first-order valence-electron chi connectivity index (χ1n) is 13.2. The Kier molecular flexibility index (Phi) is 9.26. The number of hydrogen-bond acceptors (Lipinski definition) is 8. The van der Waals surface area contributed by atoms with Crippen LogP contribution in [0.3, 0.4) is 0 Å². The summed E-state index contributed by atoms with van der Waals surface area (Å²) >= 11 is 6.50. The molecular weight excluding hydrogens is 545 g/mol. The minimum atomic E-state index is -0.314. The van der Waals surface area contributed by atoms with Crippen LogP contribution in [0.25, 0.3) is 10.9 Å². The summed E-state index contributed by atoms with van der Waals surface area (Å²) in [5.74, 6) is 6.68. The quantitative estimate of drug-likeness (QED) is 0.147. The molecular formula is C31H29ClFN5O3. The van der Waals surface area contributed by atoms with Crippen molar-refractivity contribution < 1.29 is 18.7 Å². The average molecular weight is 574 g/mol. The summed E-state index contributed by atoms with van der Waals surface area (Å²) in [4.78, 5) is 14.5. The second-order valence-corrected chi connectivity index (χ2v) is 9.89. The molecule has 0 bridgehead atoms. The van der Waals surface area contributed by atoms with E-state index in [2.05, 4.69) is 37.6 Å². The zero-order valence-corrected chi connectivity index (χ0v) is 23.4. The summed E-state index contributed by atoms with van der Waals surface area (Å²) in [5, 5.41) is 12.1. The molecule has 1 fully saturated rings. The molecule has 1 unspecified atom stereocenters. The lowest BCUT2D eigenvalue weighted by molar-refractivity contribution is -0.0678. The number of hydrogen-bond donors (Lipinski definition) is 2. The van der Waals surface area contributed by atoms with E-state index in [1.807, 2.05) is 31.2 Å². The Morgan fingerprint density at radius 2 is 2.07 bits per heavy atom. The Morgan fingerprint density at radius 1 is 1.17 bits per heavy atom. The zero-order valence-electron chi connectivity index (χ0n) is 22.7. The lowest BCUT2D eigenvalue weighted by Crippen LogP contribution is -2.45. The Labute approximate surface area is 242 Å². The number of benzene rings is 3. The molecule has 1 aliphatic rings. The number of oxime groups is 1. The Balaban J connectivity index is 1.32. The van der Waals surface area contributed by atoms with E-state index < -0.39 is 0 Å². The summed E-state index contributed by atoms with van der Waals surface area (Å²) in [6, 6.07) is 17.3. The van der Waals surface area contributed by atoms with E-state index >= 15 is 0 Å². The van der Waals surface area contributed by atoms with Crippen LogP contribution in [-0.4, -0.2) is 47.6 Å². The van der Waals surface area contributed by atoms with Gasteiger partial charge in [0.2, 0.25) is 0 Å². The minimum Gasteiger partial charge on any atom is -0.487 e. The molecule has 3 aromatic carbocycles. The second-order valence-electron chi connectivity index (χ2n) is 9.48. The number of rotatable bonds is 9. The van der Waals surface area contributed by atoms with Gasteiger partial charge in [0.05, 0.1) is 16.6 Å². The summed E-state index contributed by atoms with van der Waals surface area (Å²) in [6.45, 7) is 5.81. The molecule has 0 amide bonds. The van der Waals surface area contributed by atoms with E-state index in [4.69, 9.17) is 25.9 Å². The van der Waals surface area contributed by atoms with E-state index in [1.165, 1.54) is 18.5 Å². The van der Waals surface area contributed by atoms with E-state index in [1.54, 1.807) is 31.2 Å². The molecule has 2 atom stereocenters. The van der Waals surface area contributed by atoms with Gasteiger partial charge in [-0.2, -0.15) is 0 Å². The third-order valence-corrected chi connectivity index (χ3v) is 6.57. The fourth-order valence-electron chi connectivity index (χ4n) is 4.35. The van der Waals surface area contributed by atoms with Crippen molar-refractivity contribution in [2.75, 3.05) is 25.0 Å². The molecule has 4 aromatic rings. The van der Waals surface area contributed by atoms with Crippen LogP contribution in [0.4, 0.5) is 15.9 Å². The highest BCUT2D eigenvalue weighted by molar-refractivity contribution is 6.32. The highest BCUT2D eigenvalue weighted by Crippen LogP contribution is 2.31. The first kappa shape index (κ1) is 28.3. The van der Waals surface area contributed by atoms with E-state index in [9.17, 15) is 4.39 Å². The second kappa shape index (κ2) is 13.4. The maximum absolute atomic E-state index is 13.5. The lowest BCUT2D eigenvalue weighted by Gasteiger charge is -2.27. The topological polar surface area (TPSA) is 89.9 Å². The maximum atomic E-state index is 13.5. The summed E-state index contributed by atoms with van der Waals surface area (Å²) in [6.07, 6.45) is 1.54. The van der Waals surface area contributed by atoms with Crippen LogP contribution in [0, 0.1) is 17.7 Å². The summed E-state index contributed by atoms with van der Waals surface area (Å²) in [5.41, 5.74) is 3.41. The Bertz CT molecular complexity index is 1620. The van der Waals surface area contributed by atoms with Crippen LogP contribution >= 0.6 is 11.6 Å². The summed E-state index contributed by atoms with van der Waals surface area (Å²) < 4.78 is 25.1. The Morgan fingerprint density at radius 3 is 2.88 bits per heavy atom. The molecule has 1 saturated heterocycles. The minimum absolute atomic E-state index is 0.0795. The SMILES string of the molecule is CC#C/C(=N\OCC1CNC[C@H](C)O1)c1ccc2ncnc(Nc3ccc(OCc4cccc(F)c4)c(Cl)c3)c2c1. The number of ether oxygens (including phenoxy) is 2. The van der Waals surface area contributed by atoms with Crippen molar-refractivity contribution in [2.24, 2.45) is 5.16 Å². The molecule has 41 heavy (non-hydrogen) atoms. The largest absolute Gasteiger partial charge is 0.487 e. The fraction of sp³-hybridized carbons (Fsp3) is 0.258. The van der Waals surface area contributed by atoms with Gasteiger partial charge in [0.1, 0.15) is 43.0 Å². The first-order valence-corrected chi connectivity index (χ1v) is 13.5. The van der Waals surface area contributed by atoms with Crippen molar-refractivity contribution in [3.63, 3.8) is 0 Å². The van der Waals surface area contributed by atoms with Gasteiger partial charge in [-0.15, -0.1) is 0 Å². The van der Waals surface area contributed by atoms with Gasteiger partial charge >= 0.3 is 0 Å². The lowest BCUT2D eigenvalue weighted by atomic mass is 10.1. The number of aromatic nitrogens is 2. The van der Waals surface area contributed by atoms with Crippen molar-refractivity contribution in [2.45, 2.75) is 32.7 Å². The molecule has 0 radical (unpaired) electrons. The number of anilines is 2. The summed E-state index contributed by atoms with van der Waals surface area (Å²) in [7, 11) is 0. The predicted molar refractivity (Wildman–Crippen MR) is 158 cm³/mol. The van der Waals surface area contributed by atoms with Crippen molar-refractivity contribution in [1.82, 2.24) is 15.3 Å². The van der Waals surface area contributed by atoms with Crippen LogP contribution in [0.15, 0.2) is 72.1 Å². The highest BCUT2D eigenvalue weighted by atomic mass is 35.5. The average Bonchev–Trinajstić information content (AvgIpc) is 2.96. The number of nitrogens with one attached hydrogen (secondary N) is 2. The number of morpholine rings is 1. The van der Waals surface area contributed by atoms with Crippen molar-refractivity contribution in [1.29, 1.82) is 0 Å². The van der Waals surface area contributed by atoms with Crippen LogP contribution < -0.4 is 15.4 Å². The molecule has 8 nitrogen and oxygen atoms in total. The molecule has 10 heteroatoms. The maximum Gasteiger partial charge on any atom is 0.159 e. The predicted octanol–water partition coefficient (Wildman–Crippen LogP) is 5.87. The van der Waals surface area contributed by atoms with Crippen LogP contribution in [0.5, 0.6) is 5.75 Å². The van der Waals surface area contributed by atoms with Gasteiger partial charge in [-0.25, -0.2) is 14.4 Å². The molecule has 0 spiro atoms. The van der Waals surface area contributed by atoms with Gasteiger partial charge in [-0.05, 0) is 73.9 Å². The smallest absolute Gasteiger partial charge is 0.159 e. The van der Waals surface area contributed by atoms with Gasteiger partial charge < -0.3 is 24.9 Å². The molecule has 1 aliphatic heterocycles. The van der Waals surface area contributed by atoms with Crippen molar-refractivity contribution in [3.8, 4) is 17.6 Å². The van der Waals surface area contributed by atoms with E-state index in [0.717, 1.165) is 23.0 Å². The molecule has 2 N–H and O–H groups in total.